The van der Waals surface area contributed by atoms with E-state index < -0.39 is 8.07 Å². The Labute approximate surface area is 103 Å². The second-order valence-electron chi connectivity index (χ2n) is 4.50. The lowest BCUT2D eigenvalue weighted by Gasteiger charge is -2.12. The molecule has 0 radical (unpaired) electrons. The Hall–Kier alpha value is 0.577. The fourth-order valence-electron chi connectivity index (χ4n) is 1.04. The lowest BCUT2D eigenvalue weighted by molar-refractivity contribution is -0.694. The molecule has 1 aromatic rings. The normalized spacial score (nSPS) is 11.1. The van der Waals surface area contributed by atoms with Gasteiger partial charge < -0.3 is 24.0 Å². The first-order chi connectivity index (χ1) is 5.49. The molecule has 0 fully saturated rings. The SMILES string of the molecule is Cc1csc[n+]1CC[Si](C)(C)C.[I-]. The standard InChI is InChI=1S/C9H18NSSi.HI/c1-9-7-11-8-10(9)5-6-12(2,3)4;/h7-8H,5-6H2,1-4H3;1H/q+1;/p-1. The number of rotatable bonds is 3. The Bertz CT molecular complexity index is 254. The van der Waals surface area contributed by atoms with Gasteiger partial charge in [-0.2, -0.15) is 4.57 Å². The third-order valence-electron chi connectivity index (χ3n) is 1.98. The van der Waals surface area contributed by atoms with Crippen molar-refractivity contribution in [1.29, 1.82) is 0 Å². The van der Waals surface area contributed by atoms with E-state index >= 15 is 0 Å². The number of halogens is 1. The molecule has 0 aliphatic heterocycles. The first kappa shape index (κ1) is 13.6. The average molecular weight is 327 g/mol. The molecular formula is C9H18INSSi. The molecular weight excluding hydrogens is 309 g/mol. The maximum Gasteiger partial charge on any atom is 0.224 e. The Morgan fingerprint density at radius 2 is 2.00 bits per heavy atom. The summed E-state index contributed by atoms with van der Waals surface area (Å²) in [5.74, 6) is 0. The zero-order valence-corrected chi connectivity index (χ0v) is 12.8. The summed E-state index contributed by atoms with van der Waals surface area (Å²) in [6.07, 6.45) is 0. The van der Waals surface area contributed by atoms with Gasteiger partial charge in [-0.05, 0) is 0 Å². The van der Waals surface area contributed by atoms with Gasteiger partial charge in [0.2, 0.25) is 5.51 Å². The van der Waals surface area contributed by atoms with E-state index in [9.17, 15) is 0 Å². The van der Waals surface area contributed by atoms with Crippen LogP contribution in [-0.4, -0.2) is 8.07 Å². The second-order valence-corrected chi connectivity index (χ2v) is 10.8. The fourth-order valence-corrected chi connectivity index (χ4v) is 2.76. The van der Waals surface area contributed by atoms with Crippen molar-refractivity contribution < 1.29 is 28.5 Å². The third kappa shape index (κ3) is 5.12. The lowest BCUT2D eigenvalue weighted by atomic mass is 10.5. The zero-order chi connectivity index (χ0) is 9.19. The number of nitrogens with zero attached hydrogens (tertiary/aromatic N) is 1. The van der Waals surface area contributed by atoms with Crippen LogP contribution in [0.15, 0.2) is 10.9 Å². The number of aryl methyl sites for hydroxylation is 2. The summed E-state index contributed by atoms with van der Waals surface area (Å²) < 4.78 is 2.36. The van der Waals surface area contributed by atoms with Crippen LogP contribution in [0.4, 0.5) is 0 Å². The fraction of sp³-hybridized carbons (Fsp3) is 0.667. The highest BCUT2D eigenvalue weighted by Crippen LogP contribution is 2.08. The number of thiazole rings is 1. The molecule has 1 heterocycles. The highest BCUT2D eigenvalue weighted by molar-refractivity contribution is 7.07. The van der Waals surface area contributed by atoms with Crippen LogP contribution in [0.3, 0.4) is 0 Å². The average Bonchev–Trinajstić information content (AvgIpc) is 2.29. The predicted octanol–water partition coefficient (Wildman–Crippen LogP) is -0.314. The van der Waals surface area contributed by atoms with Crippen LogP contribution in [0.5, 0.6) is 0 Å². The zero-order valence-electron chi connectivity index (χ0n) is 8.80. The summed E-state index contributed by atoms with van der Waals surface area (Å²) in [7, 11) is -0.852. The minimum Gasteiger partial charge on any atom is -1.00 e. The lowest BCUT2D eigenvalue weighted by Crippen LogP contribution is -3.00. The largest absolute Gasteiger partial charge is 1.00 e. The molecule has 76 valence electrons. The highest BCUT2D eigenvalue weighted by Gasteiger charge is 2.16. The molecule has 0 spiro atoms. The molecule has 0 aliphatic rings. The van der Waals surface area contributed by atoms with Gasteiger partial charge in [0, 0.05) is 13.0 Å². The molecule has 0 unspecified atom stereocenters. The third-order valence-corrected chi connectivity index (χ3v) is 4.56. The van der Waals surface area contributed by atoms with Crippen molar-refractivity contribution in [2.75, 3.05) is 0 Å². The van der Waals surface area contributed by atoms with Gasteiger partial charge in [0.15, 0.2) is 5.69 Å². The van der Waals surface area contributed by atoms with Crippen molar-refractivity contribution in [2.45, 2.75) is 39.2 Å². The van der Waals surface area contributed by atoms with E-state index in [0.29, 0.717) is 0 Å². The molecule has 0 saturated carbocycles. The van der Waals surface area contributed by atoms with Gasteiger partial charge >= 0.3 is 0 Å². The summed E-state index contributed by atoms with van der Waals surface area (Å²) in [6, 6.07) is 1.38. The molecule has 0 aromatic carbocycles. The van der Waals surface area contributed by atoms with Crippen molar-refractivity contribution in [3.8, 4) is 0 Å². The second kappa shape index (κ2) is 5.46. The van der Waals surface area contributed by atoms with E-state index in [2.05, 4.69) is 42.0 Å². The Morgan fingerprint density at radius 1 is 1.38 bits per heavy atom. The van der Waals surface area contributed by atoms with E-state index in [4.69, 9.17) is 0 Å². The summed E-state index contributed by atoms with van der Waals surface area (Å²) in [5, 5.41) is 2.21. The molecule has 0 amide bonds. The minimum atomic E-state index is -0.852. The summed E-state index contributed by atoms with van der Waals surface area (Å²) in [6.45, 7) is 10.7. The van der Waals surface area contributed by atoms with Crippen LogP contribution in [-0.2, 0) is 6.54 Å². The first-order valence-electron chi connectivity index (χ1n) is 4.41. The van der Waals surface area contributed by atoms with E-state index in [1.165, 1.54) is 18.3 Å². The molecule has 0 aliphatic carbocycles. The Balaban J connectivity index is 0.00000144. The van der Waals surface area contributed by atoms with Gasteiger partial charge in [0.1, 0.15) is 6.54 Å². The quantitative estimate of drug-likeness (QED) is 0.407. The van der Waals surface area contributed by atoms with Crippen LogP contribution in [0.25, 0.3) is 0 Å². The smallest absolute Gasteiger partial charge is 0.224 e. The van der Waals surface area contributed by atoms with Crippen molar-refractivity contribution in [3.05, 3.63) is 16.6 Å². The van der Waals surface area contributed by atoms with Crippen LogP contribution in [0.1, 0.15) is 5.69 Å². The number of hydrogen-bond acceptors (Lipinski definition) is 1. The minimum absolute atomic E-state index is 0. The van der Waals surface area contributed by atoms with E-state index in [1.807, 2.05) is 0 Å². The van der Waals surface area contributed by atoms with Gasteiger partial charge in [0.05, 0.1) is 13.5 Å². The van der Waals surface area contributed by atoms with Gasteiger partial charge in [-0.1, -0.05) is 31.0 Å². The maximum atomic E-state index is 2.43. The van der Waals surface area contributed by atoms with Crippen LogP contribution in [0.2, 0.25) is 25.7 Å². The van der Waals surface area contributed by atoms with Gasteiger partial charge in [-0.25, -0.2) is 0 Å². The molecule has 1 rings (SSSR count). The predicted molar refractivity (Wildman–Crippen MR) is 57.4 cm³/mol. The summed E-state index contributed by atoms with van der Waals surface area (Å²) >= 11 is 1.80. The van der Waals surface area contributed by atoms with Crippen LogP contribution < -0.4 is 28.5 Å². The van der Waals surface area contributed by atoms with E-state index in [0.717, 1.165) is 0 Å². The molecule has 0 N–H and O–H groups in total. The number of aromatic nitrogens is 1. The van der Waals surface area contributed by atoms with Gasteiger partial charge in [0.25, 0.3) is 0 Å². The molecule has 0 atom stereocenters. The summed E-state index contributed by atoms with van der Waals surface area (Å²) in [4.78, 5) is 0. The van der Waals surface area contributed by atoms with Gasteiger partial charge in [-0.15, -0.1) is 0 Å². The van der Waals surface area contributed by atoms with Crippen LogP contribution in [0, 0.1) is 6.92 Å². The molecule has 13 heavy (non-hydrogen) atoms. The Kier molecular flexibility index (Phi) is 5.70. The van der Waals surface area contributed by atoms with Crippen molar-refractivity contribution in [3.63, 3.8) is 0 Å². The Morgan fingerprint density at radius 3 is 2.38 bits per heavy atom. The molecule has 1 nitrogen and oxygen atoms in total. The van der Waals surface area contributed by atoms with Crippen molar-refractivity contribution in [1.82, 2.24) is 0 Å². The van der Waals surface area contributed by atoms with Crippen LogP contribution >= 0.6 is 11.3 Å². The summed E-state index contributed by atoms with van der Waals surface area (Å²) in [5.41, 5.74) is 3.62. The monoisotopic (exact) mass is 327 g/mol. The van der Waals surface area contributed by atoms with Gasteiger partial charge in [-0.3, -0.25) is 0 Å². The molecule has 0 saturated heterocycles. The maximum absolute atomic E-state index is 2.43. The van der Waals surface area contributed by atoms with E-state index in [1.54, 1.807) is 11.3 Å². The molecule has 0 bridgehead atoms. The molecule has 4 heteroatoms. The highest BCUT2D eigenvalue weighted by atomic mass is 127. The first-order valence-corrected chi connectivity index (χ1v) is 9.06. The van der Waals surface area contributed by atoms with E-state index in [-0.39, 0.29) is 24.0 Å². The van der Waals surface area contributed by atoms with Crippen molar-refractivity contribution in [2.24, 2.45) is 0 Å². The molecule has 1 aromatic heterocycles. The number of hydrogen-bond donors (Lipinski definition) is 0. The topological polar surface area (TPSA) is 3.88 Å². The van der Waals surface area contributed by atoms with Crippen molar-refractivity contribution >= 4 is 19.4 Å².